The molecule has 60 valence electrons. The molecule has 0 heterocycles. The molecule has 0 saturated heterocycles. The minimum atomic E-state index is 0. The molecule has 0 saturated carbocycles. The summed E-state index contributed by atoms with van der Waals surface area (Å²) in [6, 6.07) is 10.5. The Morgan fingerprint density at radius 2 is 1.42 bits per heavy atom. The van der Waals surface area contributed by atoms with Gasteiger partial charge in [0.15, 0.2) is 0 Å². The Kier molecular flexibility index (Phi) is 3.34. The predicted octanol–water partition coefficient (Wildman–Crippen LogP) is 2.89. The van der Waals surface area contributed by atoms with Gasteiger partial charge in [-0.25, -0.2) is 0 Å². The average Bonchev–Trinajstić information content (AvgIpc) is 2.58. The molecule has 0 nitrogen and oxygen atoms in total. The van der Waals surface area contributed by atoms with Crippen LogP contribution in [0.2, 0.25) is 0 Å². The molecule has 1 aliphatic rings. The summed E-state index contributed by atoms with van der Waals surface area (Å²) >= 11 is 0. The van der Waals surface area contributed by atoms with Crippen molar-refractivity contribution in [1.82, 2.24) is 0 Å². The van der Waals surface area contributed by atoms with Gasteiger partial charge in [0.2, 0.25) is 0 Å². The summed E-state index contributed by atoms with van der Waals surface area (Å²) in [7, 11) is 0. The largest absolute Gasteiger partial charge is 0.0732 e. The van der Waals surface area contributed by atoms with Crippen molar-refractivity contribution in [2.45, 2.75) is 5.92 Å². The van der Waals surface area contributed by atoms with Crippen LogP contribution in [0, 0.1) is 0 Å². The molecule has 1 aliphatic carbocycles. The molecule has 0 aliphatic heterocycles. The molecular weight excluding hydrogens is 184 g/mol. The standard InChI is InChI=1S/C11H10.Cr/c1-2-6-10(7-3-1)11-8-4-5-9-11;/h1-9,11H;. The van der Waals surface area contributed by atoms with Crippen molar-refractivity contribution < 1.29 is 17.4 Å². The maximum atomic E-state index is 2.20. The first-order valence-electron chi connectivity index (χ1n) is 3.87. The Hall–Kier alpha value is -0.768. The summed E-state index contributed by atoms with van der Waals surface area (Å²) in [4.78, 5) is 0. The van der Waals surface area contributed by atoms with Crippen LogP contribution in [0.1, 0.15) is 11.5 Å². The fraction of sp³-hybridized carbons (Fsp3) is 0.0909. The maximum absolute atomic E-state index is 2.20. The Bertz CT molecular complexity index is 273. The molecule has 0 radical (unpaired) electrons. The van der Waals surface area contributed by atoms with Gasteiger partial charge < -0.3 is 0 Å². The number of rotatable bonds is 1. The molecule has 0 aromatic heterocycles. The van der Waals surface area contributed by atoms with Crippen molar-refractivity contribution in [3.8, 4) is 0 Å². The summed E-state index contributed by atoms with van der Waals surface area (Å²) < 4.78 is 0. The maximum Gasteiger partial charge on any atom is 0.0204 e. The molecule has 0 bridgehead atoms. The SMILES string of the molecule is C1=CC(c2ccccc2)C=C1.[Cr]. The Morgan fingerprint density at radius 1 is 0.833 bits per heavy atom. The van der Waals surface area contributed by atoms with Crippen LogP contribution in [0.15, 0.2) is 54.6 Å². The monoisotopic (exact) mass is 194 g/mol. The van der Waals surface area contributed by atoms with Crippen molar-refractivity contribution in [2.75, 3.05) is 0 Å². The first-order chi connectivity index (χ1) is 5.47. The average molecular weight is 194 g/mol. The van der Waals surface area contributed by atoms with E-state index in [9.17, 15) is 0 Å². The molecule has 0 spiro atoms. The molecular formula is C11H10Cr. The van der Waals surface area contributed by atoms with Gasteiger partial charge >= 0.3 is 0 Å². The molecule has 1 aromatic rings. The Labute approximate surface area is 83.7 Å². The predicted molar refractivity (Wildman–Crippen MR) is 47.5 cm³/mol. The van der Waals surface area contributed by atoms with E-state index in [1.54, 1.807) is 0 Å². The van der Waals surface area contributed by atoms with Gasteiger partial charge in [0.25, 0.3) is 0 Å². The first kappa shape index (κ1) is 9.32. The Morgan fingerprint density at radius 3 is 2.00 bits per heavy atom. The minimum absolute atomic E-state index is 0. The van der Waals surface area contributed by atoms with Crippen LogP contribution in [0.4, 0.5) is 0 Å². The van der Waals surface area contributed by atoms with E-state index in [0.717, 1.165) is 0 Å². The van der Waals surface area contributed by atoms with E-state index in [0.29, 0.717) is 5.92 Å². The zero-order valence-corrected chi connectivity index (χ0v) is 7.96. The topological polar surface area (TPSA) is 0 Å². The zero-order valence-electron chi connectivity index (χ0n) is 6.68. The van der Waals surface area contributed by atoms with Gasteiger partial charge in [-0.3, -0.25) is 0 Å². The summed E-state index contributed by atoms with van der Waals surface area (Å²) in [5.41, 5.74) is 1.37. The van der Waals surface area contributed by atoms with Crippen LogP contribution in [-0.4, -0.2) is 0 Å². The molecule has 1 aromatic carbocycles. The third-order valence-corrected chi connectivity index (χ3v) is 1.93. The van der Waals surface area contributed by atoms with E-state index in [1.807, 2.05) is 6.07 Å². The zero-order chi connectivity index (χ0) is 7.52. The molecule has 1 heteroatoms. The van der Waals surface area contributed by atoms with Gasteiger partial charge in [-0.05, 0) is 5.56 Å². The number of allylic oxidation sites excluding steroid dienone is 4. The van der Waals surface area contributed by atoms with E-state index in [1.165, 1.54) is 5.56 Å². The van der Waals surface area contributed by atoms with Crippen molar-refractivity contribution >= 4 is 0 Å². The molecule has 0 amide bonds. The first-order valence-corrected chi connectivity index (χ1v) is 3.87. The third kappa shape index (κ3) is 1.88. The van der Waals surface area contributed by atoms with E-state index in [4.69, 9.17) is 0 Å². The van der Waals surface area contributed by atoms with E-state index in [-0.39, 0.29) is 17.4 Å². The Balaban J connectivity index is 0.000000720. The molecule has 2 rings (SSSR count). The van der Waals surface area contributed by atoms with Crippen LogP contribution in [0.5, 0.6) is 0 Å². The number of hydrogen-bond donors (Lipinski definition) is 0. The van der Waals surface area contributed by atoms with Crippen molar-refractivity contribution in [2.24, 2.45) is 0 Å². The quantitative estimate of drug-likeness (QED) is 0.644. The second kappa shape index (κ2) is 4.31. The third-order valence-electron chi connectivity index (χ3n) is 1.93. The summed E-state index contributed by atoms with van der Waals surface area (Å²) in [6.45, 7) is 0. The van der Waals surface area contributed by atoms with Gasteiger partial charge in [-0.15, -0.1) is 0 Å². The number of hydrogen-bond acceptors (Lipinski definition) is 0. The molecule has 12 heavy (non-hydrogen) atoms. The summed E-state index contributed by atoms with van der Waals surface area (Å²) in [6.07, 6.45) is 8.60. The van der Waals surface area contributed by atoms with Gasteiger partial charge in [0.1, 0.15) is 0 Å². The second-order valence-corrected chi connectivity index (χ2v) is 2.71. The minimum Gasteiger partial charge on any atom is -0.0732 e. The molecule has 0 N–H and O–H groups in total. The van der Waals surface area contributed by atoms with Crippen molar-refractivity contribution in [1.29, 1.82) is 0 Å². The van der Waals surface area contributed by atoms with E-state index >= 15 is 0 Å². The van der Waals surface area contributed by atoms with Gasteiger partial charge in [0, 0.05) is 23.3 Å². The van der Waals surface area contributed by atoms with Crippen molar-refractivity contribution in [3.05, 3.63) is 60.2 Å². The van der Waals surface area contributed by atoms with Crippen molar-refractivity contribution in [3.63, 3.8) is 0 Å². The normalized spacial score (nSPS) is 14.7. The smallest absolute Gasteiger partial charge is 0.0204 e. The van der Waals surface area contributed by atoms with Gasteiger partial charge in [-0.1, -0.05) is 54.6 Å². The summed E-state index contributed by atoms with van der Waals surface area (Å²) in [5, 5.41) is 0. The van der Waals surface area contributed by atoms with Crippen LogP contribution in [-0.2, 0) is 17.4 Å². The fourth-order valence-electron chi connectivity index (χ4n) is 1.33. The molecule has 0 unspecified atom stereocenters. The van der Waals surface area contributed by atoms with Crippen LogP contribution in [0.25, 0.3) is 0 Å². The van der Waals surface area contributed by atoms with Crippen LogP contribution >= 0.6 is 0 Å². The number of benzene rings is 1. The molecule has 0 fully saturated rings. The summed E-state index contributed by atoms with van der Waals surface area (Å²) in [5.74, 6) is 0.510. The van der Waals surface area contributed by atoms with E-state index in [2.05, 4.69) is 48.6 Å². The van der Waals surface area contributed by atoms with Gasteiger partial charge in [-0.2, -0.15) is 0 Å². The van der Waals surface area contributed by atoms with Crippen LogP contribution < -0.4 is 0 Å². The molecule has 0 atom stereocenters. The van der Waals surface area contributed by atoms with Crippen LogP contribution in [0.3, 0.4) is 0 Å². The fourth-order valence-corrected chi connectivity index (χ4v) is 1.33. The second-order valence-electron chi connectivity index (χ2n) is 2.71. The van der Waals surface area contributed by atoms with Gasteiger partial charge in [0.05, 0.1) is 0 Å². The van der Waals surface area contributed by atoms with E-state index < -0.39 is 0 Å².